The number of amides is 1. The summed E-state index contributed by atoms with van der Waals surface area (Å²) >= 11 is 0. The summed E-state index contributed by atoms with van der Waals surface area (Å²) in [6.45, 7) is 6.89. The van der Waals surface area contributed by atoms with E-state index in [0.29, 0.717) is 43.4 Å². The van der Waals surface area contributed by atoms with Crippen molar-refractivity contribution in [2.24, 2.45) is 5.92 Å². The van der Waals surface area contributed by atoms with Crippen LogP contribution in [0.2, 0.25) is 0 Å². The van der Waals surface area contributed by atoms with Crippen LogP contribution in [-0.2, 0) is 11.0 Å². The van der Waals surface area contributed by atoms with Crippen molar-refractivity contribution in [2.45, 2.75) is 57.8 Å². The number of benzene rings is 1. The Balaban J connectivity index is 1.53. The Morgan fingerprint density at radius 1 is 1.11 bits per heavy atom. The van der Waals surface area contributed by atoms with Crippen LogP contribution in [0.25, 0.3) is 0 Å². The average Bonchev–Trinajstić information content (AvgIpc) is 3.18. The highest BCUT2D eigenvalue weighted by Crippen LogP contribution is 2.37. The van der Waals surface area contributed by atoms with Crippen molar-refractivity contribution in [1.82, 2.24) is 20.2 Å². The van der Waals surface area contributed by atoms with E-state index in [1.54, 1.807) is 12.1 Å². The monoisotopic (exact) mass is 537 g/mol. The molecule has 1 amide bonds. The molecule has 0 radical (unpaired) electrons. The van der Waals surface area contributed by atoms with E-state index in [4.69, 9.17) is 0 Å². The molecule has 2 aromatic rings. The van der Waals surface area contributed by atoms with Crippen LogP contribution in [0.4, 0.5) is 40.7 Å². The summed E-state index contributed by atoms with van der Waals surface area (Å²) < 4.78 is 56.3. The Morgan fingerprint density at radius 2 is 1.89 bits per heavy atom. The number of halogens is 4. The summed E-state index contributed by atoms with van der Waals surface area (Å²) in [7, 11) is 2.04. The Hall–Kier alpha value is -3.15. The zero-order valence-corrected chi connectivity index (χ0v) is 21.9. The molecule has 2 atom stereocenters. The van der Waals surface area contributed by atoms with E-state index in [1.165, 1.54) is 6.07 Å². The van der Waals surface area contributed by atoms with Gasteiger partial charge in [-0.3, -0.25) is 4.79 Å². The Labute approximate surface area is 220 Å². The Bertz CT molecular complexity index is 1130. The molecule has 1 aliphatic heterocycles. The van der Waals surface area contributed by atoms with Gasteiger partial charge in [0.25, 0.3) is 0 Å². The summed E-state index contributed by atoms with van der Waals surface area (Å²) in [6, 6.07) is 4.04. The lowest BCUT2D eigenvalue weighted by molar-refractivity contribution is -0.137. The van der Waals surface area contributed by atoms with E-state index in [9.17, 15) is 18.0 Å². The third-order valence-corrected chi connectivity index (χ3v) is 6.96. The van der Waals surface area contributed by atoms with E-state index in [-0.39, 0.29) is 17.9 Å². The Morgan fingerprint density at radius 3 is 2.61 bits per heavy atom. The van der Waals surface area contributed by atoms with Gasteiger partial charge in [0.2, 0.25) is 11.9 Å². The molecule has 38 heavy (non-hydrogen) atoms. The number of likely N-dealkylation sites (N-methyl/N-ethyl adjacent to an activating group) is 1. The number of carbonyl (C=O) groups excluding carboxylic acids is 1. The molecule has 1 aliphatic carbocycles. The molecule has 2 fully saturated rings. The first-order chi connectivity index (χ1) is 18.0. The summed E-state index contributed by atoms with van der Waals surface area (Å²) in [6.07, 6.45) is -1.24. The Kier molecular flexibility index (Phi) is 8.59. The molecule has 8 nitrogen and oxygen atoms in total. The van der Waals surface area contributed by atoms with Crippen LogP contribution in [0.3, 0.4) is 0 Å². The molecule has 4 rings (SSSR count). The number of carbonyl (C=O) groups is 1. The van der Waals surface area contributed by atoms with Crippen LogP contribution < -0.4 is 20.9 Å². The van der Waals surface area contributed by atoms with Gasteiger partial charge in [-0.1, -0.05) is 6.42 Å². The molecular formula is C26H35F4N7O. The van der Waals surface area contributed by atoms with E-state index < -0.39 is 35.3 Å². The van der Waals surface area contributed by atoms with Gasteiger partial charge in [0, 0.05) is 43.6 Å². The molecule has 2 aliphatic rings. The van der Waals surface area contributed by atoms with E-state index in [2.05, 4.69) is 30.8 Å². The van der Waals surface area contributed by atoms with Crippen LogP contribution in [0, 0.1) is 11.7 Å². The van der Waals surface area contributed by atoms with Gasteiger partial charge in [-0.15, -0.1) is 0 Å². The van der Waals surface area contributed by atoms with E-state index >= 15 is 4.39 Å². The first-order valence-electron chi connectivity index (χ1n) is 13.0. The normalized spacial score (nSPS) is 20.9. The summed E-state index contributed by atoms with van der Waals surface area (Å²) in [4.78, 5) is 24.7. The fraction of sp³-hybridized carbons (Fsp3) is 0.577. The van der Waals surface area contributed by atoms with Crippen molar-refractivity contribution in [1.29, 1.82) is 0 Å². The lowest BCUT2D eigenvalue weighted by Crippen LogP contribution is -2.41. The van der Waals surface area contributed by atoms with Crippen LogP contribution in [0.15, 0.2) is 24.4 Å². The van der Waals surface area contributed by atoms with Gasteiger partial charge in [-0.05, 0) is 64.9 Å². The topological polar surface area (TPSA) is 85.4 Å². The fourth-order valence-corrected chi connectivity index (χ4v) is 5.03. The minimum atomic E-state index is -4.69. The molecule has 12 heteroatoms. The molecule has 208 valence electrons. The van der Waals surface area contributed by atoms with E-state index in [0.717, 1.165) is 26.1 Å². The third-order valence-electron chi connectivity index (χ3n) is 6.96. The van der Waals surface area contributed by atoms with Crippen molar-refractivity contribution in [3.63, 3.8) is 0 Å². The van der Waals surface area contributed by atoms with Gasteiger partial charge in [0.05, 0.1) is 11.6 Å². The first kappa shape index (κ1) is 27.9. The maximum Gasteiger partial charge on any atom is 0.421 e. The molecule has 0 spiro atoms. The maximum absolute atomic E-state index is 15.0. The minimum Gasteiger partial charge on any atom is -0.368 e. The number of anilines is 4. The van der Waals surface area contributed by atoms with Crippen molar-refractivity contribution < 1.29 is 22.4 Å². The van der Waals surface area contributed by atoms with Gasteiger partial charge >= 0.3 is 6.18 Å². The smallest absolute Gasteiger partial charge is 0.368 e. The van der Waals surface area contributed by atoms with Crippen molar-refractivity contribution in [2.75, 3.05) is 48.8 Å². The maximum atomic E-state index is 15.0. The lowest BCUT2D eigenvalue weighted by atomic mass is 10.0. The number of hydrogen-bond donors (Lipinski definition) is 3. The summed E-state index contributed by atoms with van der Waals surface area (Å²) in [5.74, 6) is -1.61. The fourth-order valence-electron chi connectivity index (χ4n) is 5.03. The number of alkyl halides is 3. The molecule has 2 heterocycles. The zero-order valence-electron chi connectivity index (χ0n) is 21.9. The molecule has 1 saturated carbocycles. The second-order valence-corrected chi connectivity index (χ2v) is 10.3. The van der Waals surface area contributed by atoms with Crippen LogP contribution in [0.1, 0.15) is 45.1 Å². The van der Waals surface area contributed by atoms with Gasteiger partial charge in [0.15, 0.2) is 0 Å². The van der Waals surface area contributed by atoms with Crippen molar-refractivity contribution in [3.05, 3.63) is 35.8 Å². The third kappa shape index (κ3) is 6.83. The van der Waals surface area contributed by atoms with E-state index in [1.807, 2.05) is 25.8 Å². The predicted octanol–water partition coefficient (Wildman–Crippen LogP) is 4.63. The average molecular weight is 538 g/mol. The summed E-state index contributed by atoms with van der Waals surface area (Å²) in [5.41, 5.74) is -0.224. The molecule has 0 unspecified atom stereocenters. The highest BCUT2D eigenvalue weighted by atomic mass is 19.4. The number of rotatable bonds is 7. The number of nitrogens with one attached hydrogen (secondary N) is 3. The van der Waals surface area contributed by atoms with Gasteiger partial charge in [-0.25, -0.2) is 9.37 Å². The number of aromatic nitrogens is 2. The second-order valence-electron chi connectivity index (χ2n) is 10.3. The summed E-state index contributed by atoms with van der Waals surface area (Å²) in [5, 5.41) is 8.53. The number of nitrogens with zero attached hydrogens (tertiary/aromatic N) is 4. The molecule has 1 saturated heterocycles. The van der Waals surface area contributed by atoms with Crippen LogP contribution >= 0.6 is 0 Å². The quantitative estimate of drug-likeness (QED) is 0.445. The standard InChI is InChI=1S/C26H35F4N7O/c1-16(2)32-24(38)18-6-4-7-21(18)34-23-19(26(28,29)30)15-31-25(35-23)33-17-8-9-22(20(27)14-17)37-11-5-10-36(3)12-13-37/h8-9,14-16,18,21H,4-7,10-13H2,1-3H3,(H,32,38)(H2,31,33,34,35)/t18-,21+/m0/s1. The lowest BCUT2D eigenvalue weighted by Gasteiger charge is -2.24. The molecule has 1 aromatic heterocycles. The zero-order chi connectivity index (χ0) is 27.4. The SMILES string of the molecule is CC(C)NC(=O)[C@H]1CCC[C@H]1Nc1nc(Nc2ccc(N3CCCN(C)CC3)c(F)c2)ncc1C(F)(F)F. The molecule has 1 aromatic carbocycles. The highest BCUT2D eigenvalue weighted by Gasteiger charge is 2.39. The molecule has 0 bridgehead atoms. The van der Waals surface area contributed by atoms with Gasteiger partial charge in [-0.2, -0.15) is 18.2 Å². The van der Waals surface area contributed by atoms with Gasteiger partial charge < -0.3 is 25.8 Å². The van der Waals surface area contributed by atoms with Crippen molar-refractivity contribution >= 4 is 29.0 Å². The van der Waals surface area contributed by atoms with Crippen LogP contribution in [0.5, 0.6) is 0 Å². The van der Waals surface area contributed by atoms with Crippen molar-refractivity contribution in [3.8, 4) is 0 Å². The first-order valence-corrected chi connectivity index (χ1v) is 13.0. The predicted molar refractivity (Wildman–Crippen MR) is 139 cm³/mol. The van der Waals surface area contributed by atoms with Gasteiger partial charge in [0.1, 0.15) is 17.2 Å². The largest absolute Gasteiger partial charge is 0.421 e. The molecule has 3 N–H and O–H groups in total. The van der Waals surface area contributed by atoms with Crippen LogP contribution in [-0.4, -0.2) is 66.1 Å². The minimum absolute atomic E-state index is 0.0724. The second kappa shape index (κ2) is 11.7. The number of hydrogen-bond acceptors (Lipinski definition) is 7. The highest BCUT2D eigenvalue weighted by molar-refractivity contribution is 5.80. The molecular weight excluding hydrogens is 502 g/mol.